The molecular weight excluding hydrogens is 258 g/mol. The maximum absolute atomic E-state index is 11.0. The molecule has 19 heavy (non-hydrogen) atoms. The Hall–Kier alpha value is -0.690. The lowest BCUT2D eigenvalue weighted by Gasteiger charge is -2.10. The van der Waals surface area contributed by atoms with Gasteiger partial charge in [0.15, 0.2) is 0 Å². The van der Waals surface area contributed by atoms with Crippen molar-refractivity contribution in [2.24, 2.45) is 5.92 Å². The molecule has 0 heterocycles. The van der Waals surface area contributed by atoms with Gasteiger partial charge in [0.2, 0.25) is 0 Å². The van der Waals surface area contributed by atoms with Gasteiger partial charge < -0.3 is 5.11 Å². The number of rotatable bonds is 13. The van der Waals surface area contributed by atoms with Gasteiger partial charge in [0.25, 0.3) is 0 Å². The van der Waals surface area contributed by atoms with Gasteiger partial charge in [0, 0.05) is 5.75 Å². The Kier molecular flexibility index (Phi) is 13.2. The van der Waals surface area contributed by atoms with Crippen molar-refractivity contribution in [2.75, 3.05) is 5.75 Å². The van der Waals surface area contributed by atoms with E-state index in [0.717, 1.165) is 31.0 Å². The first kappa shape index (κ1) is 18.3. The number of nitriles is 1. The average molecular weight is 285 g/mol. The molecule has 0 aromatic heterocycles. The lowest BCUT2D eigenvalue weighted by molar-refractivity contribution is -0.142. The lowest BCUT2D eigenvalue weighted by Crippen LogP contribution is -2.14. The van der Waals surface area contributed by atoms with Crippen LogP contribution in [0.2, 0.25) is 0 Å². The van der Waals surface area contributed by atoms with Crippen LogP contribution in [-0.2, 0) is 4.79 Å². The van der Waals surface area contributed by atoms with E-state index in [9.17, 15) is 4.79 Å². The highest BCUT2D eigenvalue weighted by Crippen LogP contribution is 2.18. The van der Waals surface area contributed by atoms with E-state index in [1.54, 1.807) is 0 Å². The second-order valence-electron chi connectivity index (χ2n) is 5.03. The van der Waals surface area contributed by atoms with Crippen molar-refractivity contribution in [2.45, 2.75) is 71.1 Å². The summed E-state index contributed by atoms with van der Waals surface area (Å²) in [4.78, 5) is 11.0. The summed E-state index contributed by atoms with van der Waals surface area (Å²) in [6.45, 7) is 2.22. The van der Waals surface area contributed by atoms with Crippen molar-refractivity contribution in [3.8, 4) is 5.40 Å². The van der Waals surface area contributed by atoms with Gasteiger partial charge in [-0.3, -0.25) is 4.79 Å². The lowest BCUT2D eigenvalue weighted by atomic mass is 9.98. The van der Waals surface area contributed by atoms with Crippen LogP contribution < -0.4 is 0 Å². The molecule has 0 radical (unpaired) electrons. The van der Waals surface area contributed by atoms with Crippen molar-refractivity contribution < 1.29 is 9.90 Å². The molecule has 0 spiro atoms. The maximum Gasteiger partial charge on any atom is 0.306 e. The Morgan fingerprint density at radius 2 is 1.68 bits per heavy atom. The first-order valence-corrected chi connectivity index (χ1v) is 8.44. The quantitative estimate of drug-likeness (QED) is 0.389. The maximum atomic E-state index is 11.0. The molecule has 0 aromatic rings. The number of nitrogens with zero attached hydrogens (tertiary/aromatic N) is 1. The first-order chi connectivity index (χ1) is 9.22. The fraction of sp³-hybridized carbons (Fsp3) is 0.867. The number of hydrogen-bond acceptors (Lipinski definition) is 3. The van der Waals surface area contributed by atoms with Crippen LogP contribution in [-0.4, -0.2) is 16.8 Å². The third-order valence-electron chi connectivity index (χ3n) is 3.39. The summed E-state index contributed by atoms with van der Waals surface area (Å²) in [5.74, 6) is -0.341. The molecule has 0 rings (SSSR count). The normalized spacial score (nSPS) is 12.0. The van der Waals surface area contributed by atoms with Crippen molar-refractivity contribution >= 4 is 17.7 Å². The van der Waals surface area contributed by atoms with Gasteiger partial charge in [-0.15, -0.1) is 0 Å². The molecule has 1 unspecified atom stereocenters. The molecule has 110 valence electrons. The molecule has 0 aliphatic heterocycles. The minimum absolute atomic E-state index is 0.263. The van der Waals surface area contributed by atoms with Gasteiger partial charge in [0.1, 0.15) is 5.40 Å². The molecule has 3 nitrogen and oxygen atoms in total. The van der Waals surface area contributed by atoms with E-state index < -0.39 is 5.97 Å². The molecule has 0 saturated carbocycles. The van der Waals surface area contributed by atoms with Crippen molar-refractivity contribution in [1.29, 1.82) is 5.26 Å². The Morgan fingerprint density at radius 1 is 1.11 bits per heavy atom. The molecule has 4 heteroatoms. The summed E-state index contributed by atoms with van der Waals surface area (Å²) in [5.41, 5.74) is 0. The Balaban J connectivity index is 3.48. The van der Waals surface area contributed by atoms with Crippen LogP contribution in [0.25, 0.3) is 0 Å². The van der Waals surface area contributed by atoms with Crippen LogP contribution in [0.3, 0.4) is 0 Å². The molecule has 0 saturated heterocycles. The number of aliphatic carboxylic acids is 1. The summed E-state index contributed by atoms with van der Waals surface area (Å²) in [7, 11) is 0. The SMILES string of the molecule is CCCCCCCCCCC(CCSC#N)C(=O)O. The van der Waals surface area contributed by atoms with Crippen LogP contribution in [0.1, 0.15) is 71.1 Å². The fourth-order valence-electron chi connectivity index (χ4n) is 2.16. The monoisotopic (exact) mass is 285 g/mol. The summed E-state index contributed by atoms with van der Waals surface area (Å²) < 4.78 is 0. The van der Waals surface area contributed by atoms with Crippen LogP contribution >= 0.6 is 11.8 Å². The standard InChI is InChI=1S/C15H27NO2S/c1-2-3-4-5-6-7-8-9-10-14(15(17)18)11-12-19-13-16/h14H,2-12H2,1H3,(H,17,18). The number of thioether (sulfide) groups is 1. The third-order valence-corrected chi connectivity index (χ3v) is 3.96. The van der Waals surface area contributed by atoms with Gasteiger partial charge in [-0.25, -0.2) is 0 Å². The molecule has 0 aromatic carbocycles. The van der Waals surface area contributed by atoms with Gasteiger partial charge in [-0.1, -0.05) is 58.3 Å². The number of hydrogen-bond donors (Lipinski definition) is 1. The van der Waals surface area contributed by atoms with Crippen LogP contribution in [0, 0.1) is 16.6 Å². The first-order valence-electron chi connectivity index (χ1n) is 7.46. The highest BCUT2D eigenvalue weighted by molar-refractivity contribution is 8.03. The number of carboxylic acid groups (broad SMARTS) is 1. The molecule has 1 atom stereocenters. The van der Waals surface area contributed by atoms with Crippen LogP contribution in [0.5, 0.6) is 0 Å². The van der Waals surface area contributed by atoms with Crippen LogP contribution in [0.15, 0.2) is 0 Å². The van der Waals surface area contributed by atoms with E-state index in [1.165, 1.54) is 38.5 Å². The van der Waals surface area contributed by atoms with Gasteiger partial charge >= 0.3 is 5.97 Å². The zero-order chi connectivity index (χ0) is 14.3. The second-order valence-corrected chi connectivity index (χ2v) is 5.91. The molecule has 1 N–H and O–H groups in total. The predicted octanol–water partition coefficient (Wildman–Crippen LogP) is 4.82. The average Bonchev–Trinajstić information content (AvgIpc) is 2.39. The van der Waals surface area contributed by atoms with E-state index in [-0.39, 0.29) is 5.92 Å². The topological polar surface area (TPSA) is 61.1 Å². The number of thiocyanates is 1. The Labute approximate surface area is 121 Å². The highest BCUT2D eigenvalue weighted by atomic mass is 32.2. The second kappa shape index (κ2) is 13.7. The van der Waals surface area contributed by atoms with Crippen LogP contribution in [0.4, 0.5) is 0 Å². The molecule has 0 fully saturated rings. The smallest absolute Gasteiger partial charge is 0.306 e. The minimum atomic E-state index is -0.707. The Morgan fingerprint density at radius 3 is 2.21 bits per heavy atom. The Bertz CT molecular complexity index is 263. The van der Waals surface area contributed by atoms with Crippen molar-refractivity contribution in [3.63, 3.8) is 0 Å². The van der Waals surface area contributed by atoms with Gasteiger partial charge in [-0.05, 0) is 24.6 Å². The van der Waals surface area contributed by atoms with Crippen molar-refractivity contribution in [3.05, 3.63) is 0 Å². The molecule has 0 amide bonds. The van der Waals surface area contributed by atoms with Gasteiger partial charge in [-0.2, -0.15) is 5.26 Å². The van der Waals surface area contributed by atoms with Crippen molar-refractivity contribution in [1.82, 2.24) is 0 Å². The minimum Gasteiger partial charge on any atom is -0.481 e. The van der Waals surface area contributed by atoms with E-state index in [2.05, 4.69) is 6.92 Å². The van der Waals surface area contributed by atoms with E-state index in [1.807, 2.05) is 5.40 Å². The zero-order valence-corrected chi connectivity index (χ0v) is 12.9. The number of unbranched alkanes of at least 4 members (excludes halogenated alkanes) is 7. The molecular formula is C15H27NO2S. The largest absolute Gasteiger partial charge is 0.481 e. The van der Waals surface area contributed by atoms with E-state index in [0.29, 0.717) is 12.2 Å². The molecule has 0 aliphatic rings. The highest BCUT2D eigenvalue weighted by Gasteiger charge is 2.16. The van der Waals surface area contributed by atoms with Gasteiger partial charge in [0.05, 0.1) is 5.92 Å². The fourth-order valence-corrected chi connectivity index (χ4v) is 2.66. The third kappa shape index (κ3) is 12.1. The molecule has 0 bridgehead atoms. The number of carboxylic acids is 1. The summed E-state index contributed by atoms with van der Waals surface area (Å²) in [6.07, 6.45) is 11.3. The predicted molar refractivity (Wildman–Crippen MR) is 81.0 cm³/mol. The summed E-state index contributed by atoms with van der Waals surface area (Å²) in [5, 5.41) is 19.5. The van der Waals surface area contributed by atoms with E-state index >= 15 is 0 Å². The summed E-state index contributed by atoms with van der Waals surface area (Å²) in [6, 6.07) is 0. The number of carbonyl (C=O) groups is 1. The summed E-state index contributed by atoms with van der Waals surface area (Å²) >= 11 is 1.15. The zero-order valence-electron chi connectivity index (χ0n) is 12.1. The van der Waals surface area contributed by atoms with E-state index in [4.69, 9.17) is 10.4 Å². The molecule has 0 aliphatic carbocycles.